The van der Waals surface area contributed by atoms with Gasteiger partial charge in [-0.1, -0.05) is 146 Å². The fourth-order valence-electron chi connectivity index (χ4n) is 12.6. The molecular formula is C52H43NOSi. The van der Waals surface area contributed by atoms with Crippen molar-refractivity contribution in [1.29, 1.82) is 0 Å². The van der Waals surface area contributed by atoms with Crippen LogP contribution in [0.5, 0.6) is 0 Å². The van der Waals surface area contributed by atoms with Gasteiger partial charge < -0.3 is 9.32 Å². The monoisotopic (exact) mass is 725 g/mol. The third-order valence-electron chi connectivity index (χ3n) is 14.4. The Labute approximate surface area is 324 Å². The molecule has 4 saturated carbocycles. The van der Waals surface area contributed by atoms with E-state index >= 15 is 0 Å². The Bertz CT molecular complexity index is 2560. The zero-order valence-electron chi connectivity index (χ0n) is 30.9. The maximum absolute atomic E-state index is 7.11. The molecule has 2 heterocycles. The summed E-state index contributed by atoms with van der Waals surface area (Å²) in [7, 11) is -2.81. The molecule has 0 unspecified atom stereocenters. The second-order valence-electron chi connectivity index (χ2n) is 16.9. The van der Waals surface area contributed by atoms with Crippen LogP contribution in [-0.2, 0) is 5.41 Å². The van der Waals surface area contributed by atoms with Crippen LogP contribution >= 0.6 is 0 Å². The second kappa shape index (κ2) is 11.9. The molecule has 0 atom stereocenters. The summed E-state index contributed by atoms with van der Waals surface area (Å²) >= 11 is 0. The highest BCUT2D eigenvalue weighted by atomic mass is 28.3. The van der Waals surface area contributed by atoms with Crippen LogP contribution in [0.1, 0.15) is 43.2 Å². The van der Waals surface area contributed by atoms with Gasteiger partial charge in [0.05, 0.1) is 11.4 Å². The smallest absolute Gasteiger partial charge is 0.184 e. The molecule has 4 fully saturated rings. The average Bonchev–Trinajstić information content (AvgIpc) is 3.62. The summed E-state index contributed by atoms with van der Waals surface area (Å²) in [5, 5.41) is 7.66. The Kier molecular flexibility index (Phi) is 6.87. The lowest BCUT2D eigenvalue weighted by atomic mass is 9.41. The van der Waals surface area contributed by atoms with Crippen molar-refractivity contribution in [2.24, 2.45) is 23.7 Å². The second-order valence-corrected chi connectivity index (χ2v) is 20.6. The summed E-state index contributed by atoms with van der Waals surface area (Å²) in [6.07, 6.45) is 6.98. The van der Waals surface area contributed by atoms with E-state index in [1.54, 1.807) is 11.1 Å². The quantitative estimate of drug-likeness (QED) is 0.130. The maximum Gasteiger partial charge on any atom is 0.184 e. The number of hydrogen-bond donors (Lipinski definition) is 0. The molecule has 5 aliphatic rings. The average molecular weight is 726 g/mol. The lowest BCUT2D eigenvalue weighted by molar-refractivity contribution is -0.0419. The number of rotatable bonds is 5. The first-order chi connectivity index (χ1) is 27.2. The van der Waals surface area contributed by atoms with Crippen molar-refractivity contribution in [1.82, 2.24) is 0 Å². The van der Waals surface area contributed by atoms with Gasteiger partial charge in [0.25, 0.3) is 0 Å². The SMILES string of the molecule is c1ccc([Si](c2ccccc2)(c2ccccc2)c2cccc3c2oc2ccc(N4c5ccccc5C5(c6ccccc64)C4C[C@H]6C[C@@H](C4)C[C@@H]5C6)cc23)cc1. The minimum absolute atomic E-state index is 0.0960. The van der Waals surface area contributed by atoms with E-state index in [1.165, 1.54) is 75.3 Å². The van der Waals surface area contributed by atoms with Crippen molar-refractivity contribution >= 4 is 67.8 Å². The first-order valence-electron chi connectivity index (χ1n) is 20.4. The largest absolute Gasteiger partial charge is 0.456 e. The summed E-state index contributed by atoms with van der Waals surface area (Å²) in [6.45, 7) is 0. The summed E-state index contributed by atoms with van der Waals surface area (Å²) in [6, 6.07) is 66.2. The molecule has 8 aromatic rings. The zero-order valence-corrected chi connectivity index (χ0v) is 31.9. The van der Waals surface area contributed by atoms with Crippen molar-refractivity contribution < 1.29 is 4.42 Å². The third-order valence-corrected chi connectivity index (χ3v) is 19.2. The number of benzene rings is 7. The molecule has 0 saturated heterocycles. The van der Waals surface area contributed by atoms with Crippen molar-refractivity contribution in [3.05, 3.63) is 187 Å². The Morgan fingerprint density at radius 1 is 0.473 bits per heavy atom. The van der Waals surface area contributed by atoms with Crippen molar-refractivity contribution in [2.75, 3.05) is 4.90 Å². The molecule has 4 bridgehead atoms. The number of fused-ring (bicyclic) bond motifs is 5. The molecule has 0 radical (unpaired) electrons. The Balaban J connectivity index is 1.08. The molecule has 13 rings (SSSR count). The molecule has 1 spiro atoms. The highest BCUT2D eigenvalue weighted by Gasteiger charge is 2.61. The van der Waals surface area contributed by atoms with Crippen LogP contribution in [0.3, 0.4) is 0 Å². The number of para-hydroxylation sites is 3. The summed E-state index contributed by atoms with van der Waals surface area (Å²) in [5.41, 5.74) is 9.01. The van der Waals surface area contributed by atoms with E-state index in [-0.39, 0.29) is 5.41 Å². The van der Waals surface area contributed by atoms with E-state index in [0.717, 1.165) is 40.2 Å². The highest BCUT2D eigenvalue weighted by Crippen LogP contribution is 2.69. The van der Waals surface area contributed by atoms with Crippen molar-refractivity contribution in [3.8, 4) is 0 Å². The Morgan fingerprint density at radius 2 is 0.982 bits per heavy atom. The molecule has 55 heavy (non-hydrogen) atoms. The molecule has 4 aliphatic carbocycles. The molecular weight excluding hydrogens is 683 g/mol. The minimum Gasteiger partial charge on any atom is -0.456 e. The Hall–Kier alpha value is -5.64. The lowest BCUT2D eigenvalue weighted by Gasteiger charge is -2.64. The van der Waals surface area contributed by atoms with Crippen LogP contribution in [0.25, 0.3) is 21.9 Å². The molecule has 7 aromatic carbocycles. The van der Waals surface area contributed by atoms with Gasteiger partial charge in [-0.2, -0.15) is 0 Å². The van der Waals surface area contributed by atoms with Gasteiger partial charge in [0.1, 0.15) is 11.2 Å². The van der Waals surface area contributed by atoms with E-state index in [2.05, 4.69) is 181 Å². The summed E-state index contributed by atoms with van der Waals surface area (Å²) in [4.78, 5) is 2.57. The van der Waals surface area contributed by atoms with E-state index < -0.39 is 8.07 Å². The van der Waals surface area contributed by atoms with Gasteiger partial charge in [0, 0.05) is 21.9 Å². The maximum atomic E-state index is 7.11. The van der Waals surface area contributed by atoms with Crippen LogP contribution in [0.4, 0.5) is 17.1 Å². The van der Waals surface area contributed by atoms with Crippen molar-refractivity contribution in [3.63, 3.8) is 0 Å². The van der Waals surface area contributed by atoms with E-state index in [0.29, 0.717) is 0 Å². The van der Waals surface area contributed by atoms with Crippen LogP contribution in [0.2, 0.25) is 0 Å². The van der Waals surface area contributed by atoms with Gasteiger partial charge in [-0.15, -0.1) is 0 Å². The summed E-state index contributed by atoms with van der Waals surface area (Å²) in [5.74, 6) is 3.27. The topological polar surface area (TPSA) is 16.4 Å². The molecule has 3 heteroatoms. The number of furan rings is 1. The van der Waals surface area contributed by atoms with Crippen LogP contribution in [-0.4, -0.2) is 8.07 Å². The van der Waals surface area contributed by atoms with Crippen molar-refractivity contribution in [2.45, 2.75) is 37.5 Å². The lowest BCUT2D eigenvalue weighted by Crippen LogP contribution is -2.74. The first kappa shape index (κ1) is 31.7. The van der Waals surface area contributed by atoms with E-state index in [9.17, 15) is 0 Å². The van der Waals surface area contributed by atoms with E-state index in [4.69, 9.17) is 4.42 Å². The predicted octanol–water partition coefficient (Wildman–Crippen LogP) is 10.5. The highest BCUT2D eigenvalue weighted by molar-refractivity contribution is 7.20. The normalized spacial score (nSPS) is 21.9. The van der Waals surface area contributed by atoms with Gasteiger partial charge in [-0.05, 0) is 118 Å². The molecule has 0 N–H and O–H groups in total. The van der Waals surface area contributed by atoms with Gasteiger partial charge in [0.15, 0.2) is 8.07 Å². The van der Waals surface area contributed by atoms with Gasteiger partial charge >= 0.3 is 0 Å². The summed E-state index contributed by atoms with van der Waals surface area (Å²) < 4.78 is 7.11. The van der Waals surface area contributed by atoms with Crippen LogP contribution in [0.15, 0.2) is 180 Å². The molecule has 1 aliphatic heterocycles. The van der Waals surface area contributed by atoms with E-state index in [1.807, 2.05) is 0 Å². The fourth-order valence-corrected chi connectivity index (χ4v) is 17.5. The molecule has 266 valence electrons. The van der Waals surface area contributed by atoms with Gasteiger partial charge in [-0.3, -0.25) is 0 Å². The van der Waals surface area contributed by atoms with Crippen LogP contribution < -0.4 is 25.6 Å². The molecule has 1 aromatic heterocycles. The van der Waals surface area contributed by atoms with Gasteiger partial charge in [-0.25, -0.2) is 0 Å². The molecule has 2 nitrogen and oxygen atoms in total. The molecule has 0 amide bonds. The van der Waals surface area contributed by atoms with Gasteiger partial charge in [0.2, 0.25) is 0 Å². The predicted molar refractivity (Wildman–Crippen MR) is 230 cm³/mol. The third kappa shape index (κ3) is 4.31. The number of hydrogen-bond acceptors (Lipinski definition) is 2. The number of nitrogens with zero attached hydrogens (tertiary/aromatic N) is 1. The Morgan fingerprint density at radius 3 is 1.53 bits per heavy atom. The number of anilines is 3. The fraction of sp³-hybridized carbons (Fsp3) is 0.192. The zero-order chi connectivity index (χ0) is 36.1. The minimum atomic E-state index is -2.81. The standard InChI is InChI=1S/C52H43NOSi/c1-4-15-40(16-5-1)55(41-17-6-2-7-18-41,42-19-8-3-9-20-42)50-26-14-21-43-44-34-39(27-28-49(44)54-51(43)50)53-47-24-12-10-22-45(47)52(46-23-11-13-25-48(46)53)37-30-35-29-36(32-37)33-38(52)31-35/h1-28,34-38H,29-33H2/t35-,36+,37-,38?. The van der Waals surface area contributed by atoms with Crippen LogP contribution in [0, 0.1) is 23.7 Å². The first-order valence-corrected chi connectivity index (χ1v) is 22.4.